The Hall–Kier alpha value is -1.71. The first-order valence-electron chi connectivity index (χ1n) is 6.75. The SMILES string of the molecule is NC[C@@H]1OCCCc2c(-c3ccccn3)cccc21. The number of pyridine rings is 1. The summed E-state index contributed by atoms with van der Waals surface area (Å²) in [5.41, 5.74) is 10.6. The zero-order chi connectivity index (χ0) is 13.1. The number of hydrogen-bond acceptors (Lipinski definition) is 3. The fraction of sp³-hybridized carbons (Fsp3) is 0.312. The highest BCUT2D eigenvalue weighted by Gasteiger charge is 2.20. The topological polar surface area (TPSA) is 48.1 Å². The summed E-state index contributed by atoms with van der Waals surface area (Å²) in [4.78, 5) is 4.47. The van der Waals surface area contributed by atoms with Crippen LogP contribution in [0.2, 0.25) is 0 Å². The number of rotatable bonds is 2. The van der Waals surface area contributed by atoms with Gasteiger partial charge in [-0.05, 0) is 36.1 Å². The molecule has 0 saturated carbocycles. The summed E-state index contributed by atoms with van der Waals surface area (Å²) in [7, 11) is 0. The van der Waals surface area contributed by atoms with Crippen molar-refractivity contribution in [2.45, 2.75) is 18.9 Å². The van der Waals surface area contributed by atoms with E-state index in [1.165, 1.54) is 16.7 Å². The van der Waals surface area contributed by atoms with Crippen LogP contribution in [0.5, 0.6) is 0 Å². The van der Waals surface area contributed by atoms with Crippen molar-refractivity contribution in [1.29, 1.82) is 0 Å². The van der Waals surface area contributed by atoms with E-state index in [4.69, 9.17) is 10.5 Å². The Kier molecular flexibility index (Phi) is 3.58. The average molecular weight is 254 g/mol. The van der Waals surface area contributed by atoms with Crippen LogP contribution < -0.4 is 5.73 Å². The van der Waals surface area contributed by atoms with Gasteiger partial charge in [0.15, 0.2) is 0 Å². The summed E-state index contributed by atoms with van der Waals surface area (Å²) >= 11 is 0. The van der Waals surface area contributed by atoms with Gasteiger partial charge in [-0.2, -0.15) is 0 Å². The van der Waals surface area contributed by atoms with Crippen molar-refractivity contribution in [3.8, 4) is 11.3 Å². The first-order valence-corrected chi connectivity index (χ1v) is 6.75. The first-order chi connectivity index (χ1) is 9.40. The van der Waals surface area contributed by atoms with Crippen LogP contribution in [-0.2, 0) is 11.2 Å². The third-order valence-corrected chi connectivity index (χ3v) is 3.60. The zero-order valence-electron chi connectivity index (χ0n) is 10.9. The van der Waals surface area contributed by atoms with E-state index in [1.807, 2.05) is 18.3 Å². The number of ether oxygens (including phenoxy) is 1. The van der Waals surface area contributed by atoms with Gasteiger partial charge in [0, 0.05) is 24.9 Å². The number of aromatic nitrogens is 1. The lowest BCUT2D eigenvalue weighted by Crippen LogP contribution is -2.16. The third-order valence-electron chi connectivity index (χ3n) is 3.60. The van der Waals surface area contributed by atoms with Crippen LogP contribution in [-0.4, -0.2) is 18.1 Å². The van der Waals surface area contributed by atoms with Crippen LogP contribution in [0.4, 0.5) is 0 Å². The van der Waals surface area contributed by atoms with E-state index < -0.39 is 0 Å². The van der Waals surface area contributed by atoms with Crippen LogP contribution in [0.15, 0.2) is 42.6 Å². The second kappa shape index (κ2) is 5.51. The minimum atomic E-state index is 0.0150. The maximum atomic E-state index is 5.84. The van der Waals surface area contributed by atoms with Crippen LogP contribution >= 0.6 is 0 Å². The average Bonchev–Trinajstić information content (AvgIpc) is 2.69. The highest BCUT2D eigenvalue weighted by molar-refractivity contribution is 5.65. The fourth-order valence-electron chi connectivity index (χ4n) is 2.71. The minimum absolute atomic E-state index is 0.0150. The molecule has 0 radical (unpaired) electrons. The molecule has 0 unspecified atom stereocenters. The summed E-state index contributed by atoms with van der Waals surface area (Å²) in [5, 5.41) is 0. The molecule has 1 aromatic carbocycles. The van der Waals surface area contributed by atoms with Crippen LogP contribution in [0.3, 0.4) is 0 Å². The molecule has 3 heteroatoms. The quantitative estimate of drug-likeness (QED) is 0.896. The lowest BCUT2D eigenvalue weighted by atomic mass is 9.93. The molecule has 0 bridgehead atoms. The van der Waals surface area contributed by atoms with Crippen LogP contribution in [0, 0.1) is 0 Å². The summed E-state index contributed by atoms with van der Waals surface area (Å²) in [6, 6.07) is 12.4. The second-order valence-corrected chi connectivity index (χ2v) is 4.79. The van der Waals surface area contributed by atoms with Crippen molar-refractivity contribution >= 4 is 0 Å². The third kappa shape index (κ3) is 2.39. The standard InChI is InChI=1S/C16H18N2O/c17-11-16-14-6-3-5-13(12(14)7-4-10-19-16)15-8-1-2-9-18-15/h1-3,5-6,8-9,16H,4,7,10-11,17H2/t16-/m0/s1. The van der Waals surface area contributed by atoms with Gasteiger partial charge in [0.2, 0.25) is 0 Å². The summed E-state index contributed by atoms with van der Waals surface area (Å²) in [6.07, 6.45) is 3.91. The molecule has 0 amide bonds. The smallest absolute Gasteiger partial charge is 0.0949 e. The predicted octanol–water partition coefficient (Wildman–Crippen LogP) is 2.71. The Morgan fingerprint density at radius 3 is 2.95 bits per heavy atom. The summed E-state index contributed by atoms with van der Waals surface area (Å²) in [6.45, 7) is 1.30. The minimum Gasteiger partial charge on any atom is -0.372 e. The molecule has 1 aliphatic rings. The molecule has 0 saturated heterocycles. The highest BCUT2D eigenvalue weighted by atomic mass is 16.5. The van der Waals surface area contributed by atoms with E-state index in [0.29, 0.717) is 6.54 Å². The Bertz CT molecular complexity index is 554. The summed E-state index contributed by atoms with van der Waals surface area (Å²) in [5.74, 6) is 0. The van der Waals surface area contributed by atoms with Gasteiger partial charge in [0.25, 0.3) is 0 Å². The molecule has 0 aliphatic carbocycles. The second-order valence-electron chi connectivity index (χ2n) is 4.79. The molecule has 3 nitrogen and oxygen atoms in total. The molecule has 2 N–H and O–H groups in total. The summed E-state index contributed by atoms with van der Waals surface area (Å²) < 4.78 is 5.82. The number of hydrogen-bond donors (Lipinski definition) is 1. The molecule has 1 aromatic heterocycles. The maximum Gasteiger partial charge on any atom is 0.0949 e. The molecule has 2 heterocycles. The lowest BCUT2D eigenvalue weighted by Gasteiger charge is -2.18. The lowest BCUT2D eigenvalue weighted by molar-refractivity contribution is 0.0627. The Morgan fingerprint density at radius 1 is 1.21 bits per heavy atom. The number of benzene rings is 1. The normalized spacial score (nSPS) is 18.7. The van der Waals surface area contributed by atoms with E-state index in [2.05, 4.69) is 29.2 Å². The van der Waals surface area contributed by atoms with Crippen LogP contribution in [0.1, 0.15) is 23.7 Å². The molecule has 2 aromatic rings. The van der Waals surface area contributed by atoms with Gasteiger partial charge in [0.1, 0.15) is 0 Å². The van der Waals surface area contributed by atoms with Crippen molar-refractivity contribution in [2.75, 3.05) is 13.2 Å². The van der Waals surface area contributed by atoms with E-state index in [-0.39, 0.29) is 6.10 Å². The molecule has 3 rings (SSSR count). The van der Waals surface area contributed by atoms with E-state index in [0.717, 1.165) is 25.1 Å². The van der Waals surface area contributed by atoms with E-state index >= 15 is 0 Å². The van der Waals surface area contributed by atoms with E-state index in [9.17, 15) is 0 Å². The van der Waals surface area contributed by atoms with Crippen LogP contribution in [0.25, 0.3) is 11.3 Å². The predicted molar refractivity (Wildman–Crippen MR) is 75.7 cm³/mol. The number of fused-ring (bicyclic) bond motifs is 1. The van der Waals surface area contributed by atoms with Gasteiger partial charge >= 0.3 is 0 Å². The molecular formula is C16H18N2O. The van der Waals surface area contributed by atoms with Gasteiger partial charge in [0.05, 0.1) is 11.8 Å². The maximum absolute atomic E-state index is 5.84. The molecule has 1 aliphatic heterocycles. The van der Waals surface area contributed by atoms with Gasteiger partial charge in [-0.3, -0.25) is 4.98 Å². The van der Waals surface area contributed by atoms with Crippen molar-refractivity contribution in [1.82, 2.24) is 4.98 Å². The highest BCUT2D eigenvalue weighted by Crippen LogP contribution is 2.32. The monoisotopic (exact) mass is 254 g/mol. The van der Waals surface area contributed by atoms with Gasteiger partial charge in [-0.15, -0.1) is 0 Å². The number of nitrogens with zero attached hydrogens (tertiary/aromatic N) is 1. The van der Waals surface area contributed by atoms with Gasteiger partial charge in [-0.1, -0.05) is 24.3 Å². The van der Waals surface area contributed by atoms with Gasteiger partial charge < -0.3 is 10.5 Å². The van der Waals surface area contributed by atoms with Crippen molar-refractivity contribution in [2.24, 2.45) is 5.73 Å². The van der Waals surface area contributed by atoms with E-state index in [1.54, 1.807) is 0 Å². The van der Waals surface area contributed by atoms with Crippen molar-refractivity contribution in [3.05, 3.63) is 53.7 Å². The Morgan fingerprint density at radius 2 is 2.16 bits per heavy atom. The zero-order valence-corrected chi connectivity index (χ0v) is 10.9. The molecule has 19 heavy (non-hydrogen) atoms. The molecule has 0 fully saturated rings. The van der Waals surface area contributed by atoms with Crippen molar-refractivity contribution < 1.29 is 4.74 Å². The first kappa shape index (κ1) is 12.3. The largest absolute Gasteiger partial charge is 0.372 e. The van der Waals surface area contributed by atoms with Crippen molar-refractivity contribution in [3.63, 3.8) is 0 Å². The fourth-order valence-corrected chi connectivity index (χ4v) is 2.71. The molecule has 1 atom stereocenters. The molecular weight excluding hydrogens is 236 g/mol. The Balaban J connectivity index is 2.12. The van der Waals surface area contributed by atoms with Gasteiger partial charge in [-0.25, -0.2) is 0 Å². The molecule has 0 spiro atoms. The Labute approximate surface area is 113 Å². The number of nitrogens with two attached hydrogens (primary N) is 1. The molecule has 98 valence electrons.